The first kappa shape index (κ1) is 21.3. The lowest BCUT2D eigenvalue weighted by Gasteiger charge is -2.12. The Balaban J connectivity index is 2.11. The van der Waals surface area contributed by atoms with Crippen molar-refractivity contribution in [1.82, 2.24) is 4.98 Å². The van der Waals surface area contributed by atoms with E-state index in [4.69, 9.17) is 13.9 Å². The third-order valence-electron chi connectivity index (χ3n) is 4.22. The Morgan fingerprint density at radius 3 is 2.64 bits per heavy atom. The molecule has 0 saturated heterocycles. The molecular formula is C21H28N4O3. The van der Waals surface area contributed by atoms with Crippen molar-refractivity contribution in [3.63, 3.8) is 0 Å². The van der Waals surface area contributed by atoms with Crippen molar-refractivity contribution in [2.75, 3.05) is 19.1 Å². The highest BCUT2D eigenvalue weighted by molar-refractivity contribution is 5.81. The molecule has 0 bridgehead atoms. The number of benzene rings is 1. The zero-order valence-electron chi connectivity index (χ0n) is 17.2. The summed E-state index contributed by atoms with van der Waals surface area (Å²) in [5.74, 6) is 2.76. The van der Waals surface area contributed by atoms with Crippen LogP contribution >= 0.6 is 0 Å². The third-order valence-corrected chi connectivity index (χ3v) is 4.22. The van der Waals surface area contributed by atoms with Crippen LogP contribution in [-0.2, 0) is 0 Å². The van der Waals surface area contributed by atoms with Gasteiger partial charge in [-0.05, 0) is 42.5 Å². The van der Waals surface area contributed by atoms with Crippen LogP contribution in [0.1, 0.15) is 63.6 Å². The number of oxazole rings is 1. The Bertz CT molecular complexity index is 833. The van der Waals surface area contributed by atoms with E-state index >= 15 is 0 Å². The molecule has 0 radical (unpaired) electrons. The average molecular weight is 384 g/mol. The molecule has 2 aromatic rings. The van der Waals surface area contributed by atoms with Gasteiger partial charge in [0.05, 0.1) is 19.9 Å². The van der Waals surface area contributed by atoms with Crippen molar-refractivity contribution in [1.29, 1.82) is 5.26 Å². The van der Waals surface area contributed by atoms with Gasteiger partial charge >= 0.3 is 0 Å². The van der Waals surface area contributed by atoms with Gasteiger partial charge in [-0.2, -0.15) is 10.4 Å². The summed E-state index contributed by atoms with van der Waals surface area (Å²) in [5.41, 5.74) is 3.80. The van der Waals surface area contributed by atoms with E-state index in [-0.39, 0.29) is 17.5 Å². The van der Waals surface area contributed by atoms with Crippen molar-refractivity contribution in [3.05, 3.63) is 35.3 Å². The third kappa shape index (κ3) is 5.49. The summed E-state index contributed by atoms with van der Waals surface area (Å²) < 4.78 is 16.8. The highest BCUT2D eigenvalue weighted by atomic mass is 16.5. The highest BCUT2D eigenvalue weighted by Gasteiger charge is 2.18. The Morgan fingerprint density at radius 2 is 2.04 bits per heavy atom. The lowest BCUT2D eigenvalue weighted by molar-refractivity contribution is 0.257. The van der Waals surface area contributed by atoms with Crippen molar-refractivity contribution >= 4 is 12.1 Å². The summed E-state index contributed by atoms with van der Waals surface area (Å²) in [6, 6.07) is 7.60. The molecule has 150 valence electrons. The molecule has 2 rings (SSSR count). The number of hydrogen-bond acceptors (Lipinski definition) is 7. The topological polar surface area (TPSA) is 92.7 Å². The van der Waals surface area contributed by atoms with Crippen LogP contribution in [0.4, 0.5) is 5.88 Å². The van der Waals surface area contributed by atoms with Crippen LogP contribution in [0, 0.1) is 17.2 Å². The van der Waals surface area contributed by atoms with Crippen molar-refractivity contribution in [2.45, 2.75) is 46.5 Å². The number of anilines is 1. The van der Waals surface area contributed by atoms with Gasteiger partial charge in [-0.3, -0.25) is 0 Å². The number of hydrogen-bond donors (Lipinski definition) is 1. The quantitative estimate of drug-likeness (QED) is 0.461. The minimum Gasteiger partial charge on any atom is -0.493 e. The van der Waals surface area contributed by atoms with E-state index in [1.807, 2.05) is 24.3 Å². The summed E-state index contributed by atoms with van der Waals surface area (Å²) in [4.78, 5) is 4.27. The number of nitrogens with zero attached hydrogens (tertiary/aromatic N) is 3. The lowest BCUT2D eigenvalue weighted by atomic mass is 10.0. The van der Waals surface area contributed by atoms with Crippen molar-refractivity contribution < 1.29 is 13.9 Å². The summed E-state index contributed by atoms with van der Waals surface area (Å²) in [6.07, 6.45) is 3.42. The van der Waals surface area contributed by atoms with Gasteiger partial charge in [0.2, 0.25) is 11.6 Å². The van der Waals surface area contributed by atoms with Crippen LogP contribution in [0.15, 0.2) is 27.7 Å². The fourth-order valence-electron chi connectivity index (χ4n) is 2.61. The van der Waals surface area contributed by atoms with Crippen LogP contribution in [0.3, 0.4) is 0 Å². The molecule has 7 nitrogen and oxygen atoms in total. The molecule has 1 heterocycles. The first-order valence-electron chi connectivity index (χ1n) is 9.53. The molecule has 0 spiro atoms. The number of methoxy groups -OCH3 is 1. The van der Waals surface area contributed by atoms with Crippen LogP contribution < -0.4 is 14.9 Å². The fraction of sp³-hybridized carbons (Fsp3) is 0.476. The Morgan fingerprint density at radius 1 is 1.29 bits per heavy atom. The SMILES string of the molecule is CCC(CC)c1nc(C#N)c(N/N=C/c2ccc(OCC(C)C)c(OC)c2)o1. The number of rotatable bonds is 10. The molecule has 1 aromatic heterocycles. The average Bonchev–Trinajstić information content (AvgIpc) is 3.10. The summed E-state index contributed by atoms with van der Waals surface area (Å²) in [7, 11) is 1.60. The molecule has 0 aliphatic carbocycles. The molecule has 0 aliphatic heterocycles. The molecule has 0 amide bonds. The fourth-order valence-corrected chi connectivity index (χ4v) is 2.61. The standard InChI is InChI=1S/C21H28N4O3/c1-6-16(7-2)20-24-17(11-22)21(28-20)25-23-12-15-8-9-18(19(10-15)26-5)27-13-14(3)4/h8-10,12,14,16,25H,6-7,13H2,1-5H3/b23-12+. The number of hydrazone groups is 1. The monoisotopic (exact) mass is 384 g/mol. The van der Waals surface area contributed by atoms with E-state index < -0.39 is 0 Å². The number of aromatic nitrogens is 1. The van der Waals surface area contributed by atoms with E-state index in [0.29, 0.717) is 29.9 Å². The molecule has 1 aromatic carbocycles. The first-order valence-corrected chi connectivity index (χ1v) is 9.53. The molecule has 0 saturated carbocycles. The van der Waals surface area contributed by atoms with Gasteiger partial charge in [0.1, 0.15) is 6.07 Å². The molecule has 0 atom stereocenters. The molecule has 0 unspecified atom stereocenters. The van der Waals surface area contributed by atoms with Crippen LogP contribution in [0.5, 0.6) is 11.5 Å². The van der Waals surface area contributed by atoms with Crippen LogP contribution in [0.25, 0.3) is 0 Å². The van der Waals surface area contributed by atoms with E-state index in [0.717, 1.165) is 18.4 Å². The molecule has 28 heavy (non-hydrogen) atoms. The van der Waals surface area contributed by atoms with Gasteiger partial charge in [0, 0.05) is 5.92 Å². The van der Waals surface area contributed by atoms with Gasteiger partial charge in [-0.25, -0.2) is 10.4 Å². The van der Waals surface area contributed by atoms with E-state index in [1.54, 1.807) is 13.3 Å². The normalized spacial score (nSPS) is 11.2. The van der Waals surface area contributed by atoms with Gasteiger partial charge < -0.3 is 13.9 Å². The maximum Gasteiger partial charge on any atom is 0.252 e. The molecular weight excluding hydrogens is 356 g/mol. The van der Waals surface area contributed by atoms with Crippen LogP contribution in [-0.4, -0.2) is 24.9 Å². The Kier molecular flexibility index (Phi) is 7.88. The maximum atomic E-state index is 9.27. The van der Waals surface area contributed by atoms with Gasteiger partial charge in [0.15, 0.2) is 11.5 Å². The molecule has 7 heteroatoms. The van der Waals surface area contributed by atoms with E-state index in [1.165, 1.54) is 0 Å². The predicted molar refractivity (Wildman–Crippen MR) is 109 cm³/mol. The summed E-state index contributed by atoms with van der Waals surface area (Å²) in [6.45, 7) is 8.93. The maximum absolute atomic E-state index is 9.27. The second-order valence-corrected chi connectivity index (χ2v) is 6.84. The number of nitriles is 1. The zero-order chi connectivity index (χ0) is 20.5. The van der Waals surface area contributed by atoms with Crippen molar-refractivity contribution in [2.24, 2.45) is 11.0 Å². The lowest BCUT2D eigenvalue weighted by Crippen LogP contribution is -2.05. The smallest absolute Gasteiger partial charge is 0.252 e. The predicted octanol–water partition coefficient (Wildman–Crippen LogP) is 4.94. The van der Waals surface area contributed by atoms with Gasteiger partial charge in [0.25, 0.3) is 5.88 Å². The minimum atomic E-state index is 0.189. The largest absolute Gasteiger partial charge is 0.493 e. The zero-order valence-corrected chi connectivity index (χ0v) is 17.2. The summed E-state index contributed by atoms with van der Waals surface area (Å²) >= 11 is 0. The summed E-state index contributed by atoms with van der Waals surface area (Å²) in [5, 5.41) is 13.4. The number of nitrogens with one attached hydrogen (secondary N) is 1. The van der Waals surface area contributed by atoms with E-state index in [9.17, 15) is 5.26 Å². The molecule has 0 aliphatic rings. The molecule has 1 N–H and O–H groups in total. The number of ether oxygens (including phenoxy) is 2. The van der Waals surface area contributed by atoms with Crippen molar-refractivity contribution in [3.8, 4) is 17.6 Å². The Hall–Kier alpha value is -3.01. The van der Waals surface area contributed by atoms with Crippen LogP contribution in [0.2, 0.25) is 0 Å². The van der Waals surface area contributed by atoms with Gasteiger partial charge in [-0.1, -0.05) is 27.7 Å². The van der Waals surface area contributed by atoms with Gasteiger partial charge in [-0.15, -0.1) is 0 Å². The Labute approximate surface area is 166 Å². The van der Waals surface area contributed by atoms with E-state index in [2.05, 4.69) is 43.2 Å². The highest BCUT2D eigenvalue weighted by Crippen LogP contribution is 2.29. The second-order valence-electron chi connectivity index (χ2n) is 6.84. The minimum absolute atomic E-state index is 0.189. The first-order chi connectivity index (χ1) is 13.5. The second kappa shape index (κ2) is 10.4. The molecule has 0 fully saturated rings.